The fourth-order valence-corrected chi connectivity index (χ4v) is 2.21. The fourth-order valence-electron chi connectivity index (χ4n) is 1.82. The Labute approximate surface area is 133 Å². The van der Waals surface area contributed by atoms with Gasteiger partial charge in [-0.25, -0.2) is 0 Å². The second-order valence-electron chi connectivity index (χ2n) is 5.30. The van der Waals surface area contributed by atoms with Crippen molar-refractivity contribution >= 4 is 15.9 Å². The van der Waals surface area contributed by atoms with Crippen LogP contribution in [0.2, 0.25) is 0 Å². The summed E-state index contributed by atoms with van der Waals surface area (Å²) in [4.78, 5) is 4.11. The van der Waals surface area contributed by atoms with Crippen molar-refractivity contribution in [1.82, 2.24) is 15.5 Å². The van der Waals surface area contributed by atoms with Crippen molar-refractivity contribution in [3.8, 4) is 5.75 Å². The third-order valence-electron chi connectivity index (χ3n) is 2.82. The molecule has 0 atom stereocenters. The SMILES string of the molecule is Cc1nc(COc2ccc(Br)c(CNCC(C)C)c2)no1. The van der Waals surface area contributed by atoms with E-state index in [1.54, 1.807) is 6.92 Å². The lowest BCUT2D eigenvalue weighted by molar-refractivity contribution is 0.285. The maximum Gasteiger partial charge on any atom is 0.223 e. The van der Waals surface area contributed by atoms with Gasteiger partial charge in [0.2, 0.25) is 11.7 Å². The highest BCUT2D eigenvalue weighted by Crippen LogP contribution is 2.23. The van der Waals surface area contributed by atoms with Gasteiger partial charge in [-0.15, -0.1) is 0 Å². The summed E-state index contributed by atoms with van der Waals surface area (Å²) in [6, 6.07) is 5.93. The van der Waals surface area contributed by atoms with Gasteiger partial charge in [-0.2, -0.15) is 4.98 Å². The van der Waals surface area contributed by atoms with Gasteiger partial charge in [0.05, 0.1) is 0 Å². The van der Waals surface area contributed by atoms with Crippen LogP contribution in [0, 0.1) is 12.8 Å². The van der Waals surface area contributed by atoms with Gasteiger partial charge in [0, 0.05) is 17.9 Å². The largest absolute Gasteiger partial charge is 0.485 e. The smallest absolute Gasteiger partial charge is 0.223 e. The van der Waals surface area contributed by atoms with Gasteiger partial charge in [0.15, 0.2) is 6.61 Å². The first kappa shape index (κ1) is 16.0. The lowest BCUT2D eigenvalue weighted by Gasteiger charge is -2.11. The van der Waals surface area contributed by atoms with Crippen molar-refractivity contribution in [2.24, 2.45) is 5.92 Å². The molecule has 0 saturated heterocycles. The minimum absolute atomic E-state index is 0.303. The molecule has 21 heavy (non-hydrogen) atoms. The third-order valence-corrected chi connectivity index (χ3v) is 3.60. The van der Waals surface area contributed by atoms with E-state index in [0.29, 0.717) is 24.2 Å². The molecule has 0 spiro atoms. The normalized spacial score (nSPS) is 11.1. The van der Waals surface area contributed by atoms with E-state index >= 15 is 0 Å². The molecule has 1 aromatic carbocycles. The number of benzene rings is 1. The molecule has 0 unspecified atom stereocenters. The first-order valence-electron chi connectivity index (χ1n) is 6.95. The lowest BCUT2D eigenvalue weighted by Crippen LogP contribution is -2.19. The van der Waals surface area contributed by atoms with Gasteiger partial charge in [0.1, 0.15) is 5.75 Å². The monoisotopic (exact) mass is 353 g/mol. The first-order valence-corrected chi connectivity index (χ1v) is 7.75. The molecule has 0 radical (unpaired) electrons. The Morgan fingerprint density at radius 1 is 1.38 bits per heavy atom. The molecule has 0 amide bonds. The molecular formula is C15H20BrN3O2. The van der Waals surface area contributed by atoms with Crippen LogP contribution in [-0.4, -0.2) is 16.7 Å². The van der Waals surface area contributed by atoms with Crippen LogP contribution in [0.25, 0.3) is 0 Å². The lowest BCUT2D eigenvalue weighted by atomic mass is 10.2. The highest BCUT2D eigenvalue weighted by molar-refractivity contribution is 9.10. The van der Waals surface area contributed by atoms with Gasteiger partial charge in [-0.1, -0.05) is 34.9 Å². The summed E-state index contributed by atoms with van der Waals surface area (Å²) >= 11 is 3.56. The van der Waals surface area contributed by atoms with E-state index in [4.69, 9.17) is 9.26 Å². The number of nitrogens with zero attached hydrogens (tertiary/aromatic N) is 2. The predicted molar refractivity (Wildman–Crippen MR) is 84.1 cm³/mol. The Kier molecular flexibility index (Phi) is 5.76. The molecule has 6 heteroatoms. The molecule has 2 aromatic rings. The van der Waals surface area contributed by atoms with Crippen LogP contribution < -0.4 is 10.1 Å². The van der Waals surface area contributed by atoms with E-state index in [1.807, 2.05) is 18.2 Å². The summed E-state index contributed by atoms with van der Waals surface area (Å²) in [7, 11) is 0. The van der Waals surface area contributed by atoms with Crippen molar-refractivity contribution in [2.75, 3.05) is 6.54 Å². The molecule has 1 aromatic heterocycles. The first-order chi connectivity index (χ1) is 10.0. The molecular weight excluding hydrogens is 334 g/mol. The average molecular weight is 354 g/mol. The van der Waals surface area contributed by atoms with Gasteiger partial charge in [-0.3, -0.25) is 0 Å². The summed E-state index contributed by atoms with van der Waals surface area (Å²) in [6.07, 6.45) is 0. The van der Waals surface area contributed by atoms with Crippen molar-refractivity contribution < 1.29 is 9.26 Å². The van der Waals surface area contributed by atoms with Gasteiger partial charge >= 0.3 is 0 Å². The van der Waals surface area contributed by atoms with E-state index in [0.717, 1.165) is 28.9 Å². The molecule has 0 fully saturated rings. The number of ether oxygens (including phenoxy) is 1. The van der Waals surface area contributed by atoms with Gasteiger partial charge < -0.3 is 14.6 Å². The molecule has 0 aliphatic rings. The summed E-state index contributed by atoms with van der Waals surface area (Å²) in [6.45, 7) is 8.23. The topological polar surface area (TPSA) is 60.2 Å². The van der Waals surface area contributed by atoms with Crippen LogP contribution in [0.4, 0.5) is 0 Å². The summed E-state index contributed by atoms with van der Waals surface area (Å²) < 4.78 is 11.7. The Balaban J connectivity index is 1.94. The minimum atomic E-state index is 0.303. The van der Waals surface area contributed by atoms with Crippen LogP contribution in [0.5, 0.6) is 5.75 Å². The number of aromatic nitrogens is 2. The van der Waals surface area contributed by atoms with E-state index in [1.165, 1.54) is 0 Å². The molecule has 2 rings (SSSR count). The van der Waals surface area contributed by atoms with E-state index in [2.05, 4.69) is 45.2 Å². The number of hydrogen-bond acceptors (Lipinski definition) is 5. The van der Waals surface area contributed by atoms with Crippen LogP contribution >= 0.6 is 15.9 Å². The number of halogens is 1. The van der Waals surface area contributed by atoms with E-state index in [-0.39, 0.29) is 0 Å². The minimum Gasteiger partial charge on any atom is -0.485 e. The molecule has 0 bridgehead atoms. The average Bonchev–Trinajstić information content (AvgIpc) is 2.85. The van der Waals surface area contributed by atoms with Gasteiger partial charge in [0.25, 0.3) is 0 Å². The zero-order chi connectivity index (χ0) is 15.2. The Morgan fingerprint density at radius 2 is 2.19 bits per heavy atom. The number of aryl methyl sites for hydroxylation is 1. The van der Waals surface area contributed by atoms with Crippen LogP contribution in [0.1, 0.15) is 31.1 Å². The Hall–Kier alpha value is -1.40. The highest BCUT2D eigenvalue weighted by Gasteiger charge is 2.06. The Morgan fingerprint density at radius 3 is 2.86 bits per heavy atom. The third kappa shape index (κ3) is 5.13. The summed E-state index contributed by atoms with van der Waals surface area (Å²) in [5.74, 6) is 2.52. The van der Waals surface area contributed by atoms with Crippen LogP contribution in [-0.2, 0) is 13.2 Å². The second kappa shape index (κ2) is 7.56. The maximum absolute atomic E-state index is 5.69. The molecule has 0 saturated carbocycles. The van der Waals surface area contributed by atoms with Crippen molar-refractivity contribution in [3.63, 3.8) is 0 Å². The maximum atomic E-state index is 5.69. The van der Waals surface area contributed by atoms with Crippen molar-refractivity contribution in [1.29, 1.82) is 0 Å². The van der Waals surface area contributed by atoms with Gasteiger partial charge in [-0.05, 0) is 36.2 Å². The van der Waals surface area contributed by atoms with Crippen molar-refractivity contribution in [3.05, 3.63) is 40.0 Å². The molecule has 0 aliphatic heterocycles. The molecule has 0 aliphatic carbocycles. The zero-order valence-electron chi connectivity index (χ0n) is 12.5. The van der Waals surface area contributed by atoms with Crippen molar-refractivity contribution in [2.45, 2.75) is 33.9 Å². The van der Waals surface area contributed by atoms with Crippen LogP contribution in [0.3, 0.4) is 0 Å². The Bertz CT molecular complexity index is 584. The van der Waals surface area contributed by atoms with E-state index in [9.17, 15) is 0 Å². The second-order valence-corrected chi connectivity index (χ2v) is 6.15. The molecule has 1 heterocycles. The molecule has 1 N–H and O–H groups in total. The molecule has 114 valence electrons. The van der Waals surface area contributed by atoms with E-state index < -0.39 is 0 Å². The zero-order valence-corrected chi connectivity index (χ0v) is 14.1. The predicted octanol–water partition coefficient (Wildman–Crippen LogP) is 3.47. The summed E-state index contributed by atoms with van der Waals surface area (Å²) in [5.41, 5.74) is 1.16. The number of hydrogen-bond donors (Lipinski definition) is 1. The standard InChI is InChI=1S/C15H20BrN3O2/c1-10(2)7-17-8-12-6-13(4-5-14(12)16)20-9-15-18-11(3)21-19-15/h4-6,10,17H,7-9H2,1-3H3. The fraction of sp³-hybridized carbons (Fsp3) is 0.467. The quantitative estimate of drug-likeness (QED) is 0.825. The number of nitrogens with one attached hydrogen (secondary N) is 1. The number of rotatable bonds is 7. The summed E-state index contributed by atoms with van der Waals surface area (Å²) in [5, 5.41) is 7.23. The molecule has 5 nitrogen and oxygen atoms in total. The van der Waals surface area contributed by atoms with Crippen LogP contribution in [0.15, 0.2) is 27.2 Å². The highest BCUT2D eigenvalue weighted by atomic mass is 79.9.